The normalized spacial score (nSPS) is 25.9. The lowest BCUT2D eigenvalue weighted by atomic mass is 9.96. The van der Waals surface area contributed by atoms with E-state index in [9.17, 15) is 61.0 Å². The molecule has 3 heterocycles. The summed E-state index contributed by atoms with van der Waals surface area (Å²) in [5.74, 6) is -0.231. The first kappa shape index (κ1) is 96.0. The van der Waals surface area contributed by atoms with Crippen LogP contribution in [0.15, 0.2) is 0 Å². The highest BCUT2D eigenvalue weighted by Crippen LogP contribution is 2.34. The average Bonchev–Trinajstić information content (AvgIpc) is 0.781. The lowest BCUT2D eigenvalue weighted by molar-refractivity contribution is -0.379. The van der Waals surface area contributed by atoms with Crippen molar-refractivity contribution in [3.05, 3.63) is 0 Å². The zero-order valence-corrected chi connectivity index (χ0v) is 65.8. The molecule has 103 heavy (non-hydrogen) atoms. The van der Waals surface area contributed by atoms with Crippen molar-refractivity contribution in [3.8, 4) is 0 Å². The Bertz CT molecular complexity index is 1860. The van der Waals surface area contributed by atoms with Crippen molar-refractivity contribution in [1.29, 1.82) is 0 Å². The maximum Gasteiger partial charge on any atom is 0.220 e. The molecule has 1 amide bonds. The molecule has 612 valence electrons. The second-order valence-electron chi connectivity index (χ2n) is 31.7. The van der Waals surface area contributed by atoms with Crippen LogP contribution in [0, 0.1) is 0 Å². The van der Waals surface area contributed by atoms with E-state index >= 15 is 0 Å². The van der Waals surface area contributed by atoms with Crippen molar-refractivity contribution in [1.82, 2.24) is 5.32 Å². The Morgan fingerprint density at radius 3 is 0.845 bits per heavy atom. The van der Waals surface area contributed by atoms with Gasteiger partial charge < -0.3 is 89.9 Å². The van der Waals surface area contributed by atoms with Gasteiger partial charge in [0.15, 0.2) is 18.9 Å². The molecule has 3 aliphatic heterocycles. The van der Waals surface area contributed by atoms with Gasteiger partial charge in [-0.25, -0.2) is 0 Å². The molecule has 3 rings (SSSR count). The van der Waals surface area contributed by atoms with E-state index in [4.69, 9.17) is 28.4 Å². The second kappa shape index (κ2) is 65.5. The van der Waals surface area contributed by atoms with Gasteiger partial charge in [-0.05, 0) is 12.8 Å². The number of nitrogens with one attached hydrogen (secondary N) is 1. The van der Waals surface area contributed by atoms with E-state index in [2.05, 4.69) is 19.2 Å². The number of ether oxygens (including phenoxy) is 6. The summed E-state index contributed by atoms with van der Waals surface area (Å²) in [6.45, 7) is 1.89. The predicted molar refractivity (Wildman–Crippen MR) is 411 cm³/mol. The van der Waals surface area contributed by atoms with Gasteiger partial charge in [-0.1, -0.05) is 380 Å². The maximum atomic E-state index is 13.5. The molecular formula is C84H163NO18. The summed E-state index contributed by atoms with van der Waals surface area (Å²) >= 11 is 0. The number of amides is 1. The van der Waals surface area contributed by atoms with E-state index in [1.54, 1.807) is 0 Å². The molecular weight excluding hydrogens is 1310 g/mol. The van der Waals surface area contributed by atoms with Crippen LogP contribution in [0.1, 0.15) is 399 Å². The number of aliphatic hydroxyl groups excluding tert-OH is 11. The fraction of sp³-hybridized carbons (Fsp3) is 0.988. The van der Waals surface area contributed by atoms with Crippen LogP contribution < -0.4 is 5.32 Å². The van der Waals surface area contributed by atoms with Gasteiger partial charge in [-0.3, -0.25) is 4.79 Å². The van der Waals surface area contributed by atoms with Crippen molar-refractivity contribution < 1.29 is 89.4 Å². The fourth-order valence-corrected chi connectivity index (χ4v) is 15.4. The first-order chi connectivity index (χ1) is 50.3. The molecule has 0 bridgehead atoms. The molecule has 0 aromatic heterocycles. The minimum absolute atomic E-state index is 0.231. The molecule has 3 aliphatic rings. The van der Waals surface area contributed by atoms with Crippen molar-refractivity contribution >= 4 is 5.91 Å². The topological polar surface area (TPSA) is 307 Å². The molecule has 0 saturated carbocycles. The number of aliphatic hydroxyl groups is 11. The minimum Gasteiger partial charge on any atom is -0.394 e. The van der Waals surface area contributed by atoms with Gasteiger partial charge in [0.25, 0.3) is 0 Å². The standard InChI is InChI=1S/C84H163NO18/c1-3-5-7-9-11-13-15-17-19-21-23-25-27-29-31-33-34-36-38-40-42-44-46-48-50-52-54-56-58-60-62-72(90)85-67(68(89)61-59-57-55-53-51-49-47-45-43-41-39-37-35-32-30-28-26-24-22-20-18-16-14-12-10-8-6-4-2)66-98-82-78(96)75(93)80(70(64-87)100-82)103-84-79(97)76(94)81(71(65-88)101-84)102-83-77(95)74(92)73(91)69(63-86)99-83/h67-71,73-84,86-89,91-97H,3-66H2,1-2H3,(H,85,90). The maximum absolute atomic E-state index is 13.5. The van der Waals surface area contributed by atoms with Crippen LogP contribution in [-0.4, -0.2) is 193 Å². The van der Waals surface area contributed by atoms with Crippen molar-refractivity contribution in [2.45, 2.75) is 503 Å². The van der Waals surface area contributed by atoms with Crippen molar-refractivity contribution in [2.24, 2.45) is 0 Å². The van der Waals surface area contributed by atoms with E-state index in [-0.39, 0.29) is 18.9 Å². The quantitative estimate of drug-likeness (QED) is 0.0252. The third-order valence-corrected chi connectivity index (χ3v) is 22.4. The Hall–Kier alpha value is -1.21. The van der Waals surface area contributed by atoms with Crippen LogP contribution in [0.3, 0.4) is 0 Å². The van der Waals surface area contributed by atoms with Gasteiger partial charge in [0.2, 0.25) is 5.91 Å². The van der Waals surface area contributed by atoms with Gasteiger partial charge in [-0.2, -0.15) is 0 Å². The van der Waals surface area contributed by atoms with E-state index in [0.717, 1.165) is 44.9 Å². The molecule has 0 aliphatic carbocycles. The molecule has 0 aromatic carbocycles. The van der Waals surface area contributed by atoms with Crippen molar-refractivity contribution in [2.75, 3.05) is 26.4 Å². The molecule has 17 atom stereocenters. The number of hydrogen-bond acceptors (Lipinski definition) is 18. The first-order valence-corrected chi connectivity index (χ1v) is 43.8. The molecule has 0 spiro atoms. The molecule has 19 nitrogen and oxygen atoms in total. The van der Waals surface area contributed by atoms with Crippen LogP contribution in [-0.2, 0) is 33.2 Å². The third-order valence-electron chi connectivity index (χ3n) is 22.4. The predicted octanol–water partition coefficient (Wildman–Crippen LogP) is 15.7. The molecule has 17 unspecified atom stereocenters. The molecule has 0 aromatic rings. The van der Waals surface area contributed by atoms with Crippen LogP contribution in [0.25, 0.3) is 0 Å². The van der Waals surface area contributed by atoms with Gasteiger partial charge in [0.1, 0.15) is 73.2 Å². The number of unbranched alkanes of at least 4 members (excludes halogenated alkanes) is 56. The highest BCUT2D eigenvalue weighted by atomic mass is 16.8. The van der Waals surface area contributed by atoms with Gasteiger partial charge in [0.05, 0.1) is 38.6 Å². The molecule has 0 radical (unpaired) electrons. The van der Waals surface area contributed by atoms with E-state index in [0.29, 0.717) is 12.8 Å². The summed E-state index contributed by atoms with van der Waals surface area (Å²) in [7, 11) is 0. The second-order valence-corrected chi connectivity index (χ2v) is 31.7. The zero-order valence-electron chi connectivity index (χ0n) is 65.8. The fourth-order valence-electron chi connectivity index (χ4n) is 15.4. The smallest absolute Gasteiger partial charge is 0.220 e. The lowest BCUT2D eigenvalue weighted by Gasteiger charge is -2.48. The lowest BCUT2D eigenvalue weighted by Crippen LogP contribution is -2.66. The SMILES string of the molecule is CCCCCCCCCCCCCCCCCCCCCCCCCCCCCCCCC(=O)NC(COC1OC(CO)C(OC2OC(CO)C(OC3OC(CO)C(O)C(O)C3O)C(O)C2O)C(O)C1O)C(O)CCCCCCCCCCCCCCCCCCCCCCCCCCCCCC. The Labute approximate surface area is 627 Å². The number of carbonyl (C=O) groups excluding carboxylic acids is 1. The van der Waals surface area contributed by atoms with Crippen molar-refractivity contribution in [3.63, 3.8) is 0 Å². The van der Waals surface area contributed by atoms with Gasteiger partial charge in [0, 0.05) is 6.42 Å². The zero-order chi connectivity index (χ0) is 74.6. The molecule has 12 N–H and O–H groups in total. The largest absolute Gasteiger partial charge is 0.394 e. The Kier molecular flexibility index (Phi) is 61.0. The van der Waals surface area contributed by atoms with Crippen LogP contribution in [0.4, 0.5) is 0 Å². The van der Waals surface area contributed by atoms with Crippen LogP contribution >= 0.6 is 0 Å². The summed E-state index contributed by atoms with van der Waals surface area (Å²) < 4.78 is 34.6. The summed E-state index contributed by atoms with van der Waals surface area (Å²) in [5, 5.41) is 121. The number of rotatable bonds is 72. The highest BCUT2D eigenvalue weighted by Gasteiger charge is 2.54. The summed E-state index contributed by atoms with van der Waals surface area (Å²) in [5.41, 5.74) is 0. The summed E-state index contributed by atoms with van der Waals surface area (Å²) in [6.07, 6.45) is 50.7. The Morgan fingerprint density at radius 2 is 0.553 bits per heavy atom. The van der Waals surface area contributed by atoms with Crippen LogP contribution in [0.2, 0.25) is 0 Å². The van der Waals surface area contributed by atoms with E-state index in [1.165, 1.54) is 321 Å². The highest BCUT2D eigenvalue weighted by molar-refractivity contribution is 5.76. The number of hydrogen-bond donors (Lipinski definition) is 12. The van der Waals surface area contributed by atoms with Gasteiger partial charge >= 0.3 is 0 Å². The van der Waals surface area contributed by atoms with Gasteiger partial charge in [-0.15, -0.1) is 0 Å². The minimum atomic E-state index is -1.97. The molecule has 3 saturated heterocycles. The van der Waals surface area contributed by atoms with Crippen LogP contribution in [0.5, 0.6) is 0 Å². The monoisotopic (exact) mass is 1470 g/mol. The number of carbonyl (C=O) groups is 1. The average molecular weight is 1480 g/mol. The molecule has 3 fully saturated rings. The van der Waals surface area contributed by atoms with E-state index in [1.807, 2.05) is 0 Å². The van der Waals surface area contributed by atoms with E-state index < -0.39 is 124 Å². The summed E-state index contributed by atoms with van der Waals surface area (Å²) in [6, 6.07) is -0.884. The third kappa shape index (κ3) is 45.0. The summed E-state index contributed by atoms with van der Waals surface area (Å²) in [4.78, 5) is 13.5. The Morgan fingerprint density at radius 1 is 0.311 bits per heavy atom. The Balaban J connectivity index is 1.33. The molecule has 19 heteroatoms. The first-order valence-electron chi connectivity index (χ1n) is 43.8.